The van der Waals surface area contributed by atoms with Gasteiger partial charge in [0, 0.05) is 26.7 Å². The maximum Gasteiger partial charge on any atom is 0.240 e. The molecule has 0 saturated carbocycles. The summed E-state index contributed by atoms with van der Waals surface area (Å²) in [7, 11) is -3.75. The molecule has 4 nitrogen and oxygen atoms in total. The number of hydrogen-bond acceptors (Lipinski definition) is 4. The monoisotopic (exact) mass is 344 g/mol. The van der Waals surface area contributed by atoms with Crippen LogP contribution in [0.25, 0.3) is 0 Å². The third-order valence-corrected chi connectivity index (χ3v) is 4.77. The molecule has 2 aromatic rings. The van der Waals surface area contributed by atoms with Gasteiger partial charge in [-0.3, -0.25) is 4.98 Å². The molecule has 1 aromatic carbocycles. The fourth-order valence-electron chi connectivity index (χ4n) is 1.29. The van der Waals surface area contributed by atoms with E-state index >= 15 is 0 Å². The molecule has 0 unspecified atom stereocenters. The normalized spacial score (nSPS) is 11.4. The summed E-state index contributed by atoms with van der Waals surface area (Å²) in [6.45, 7) is 0. The summed E-state index contributed by atoms with van der Waals surface area (Å²) in [6.07, 6.45) is 2.80. The molecule has 0 spiro atoms. The first-order chi connectivity index (χ1) is 8.47. The molecule has 0 radical (unpaired) electrons. The van der Waals surface area contributed by atoms with Gasteiger partial charge in [0.25, 0.3) is 0 Å². The summed E-state index contributed by atoms with van der Waals surface area (Å²) in [5.74, 6) is 0. The standard InChI is InChI=1S/C11H9BrN2O2S2/c12-8-1-3-9(4-2-8)17-10-5-6-14-7-11(10)18(13,15)16/h1-7H,(H2,13,15,16). The Morgan fingerprint density at radius 1 is 1.17 bits per heavy atom. The van der Waals surface area contributed by atoms with Crippen molar-refractivity contribution in [3.8, 4) is 0 Å². The number of aromatic nitrogens is 1. The van der Waals surface area contributed by atoms with Crippen LogP contribution in [0, 0.1) is 0 Å². The van der Waals surface area contributed by atoms with Crippen LogP contribution in [0.4, 0.5) is 0 Å². The second-order valence-electron chi connectivity index (χ2n) is 3.42. The van der Waals surface area contributed by atoms with Crippen molar-refractivity contribution in [2.75, 3.05) is 0 Å². The van der Waals surface area contributed by atoms with Crippen LogP contribution in [0.3, 0.4) is 0 Å². The first-order valence-electron chi connectivity index (χ1n) is 4.87. The molecule has 1 heterocycles. The summed E-state index contributed by atoms with van der Waals surface area (Å²) < 4.78 is 23.8. The number of primary sulfonamides is 1. The van der Waals surface area contributed by atoms with Gasteiger partial charge in [0.2, 0.25) is 10.0 Å². The van der Waals surface area contributed by atoms with Gasteiger partial charge >= 0.3 is 0 Å². The molecule has 18 heavy (non-hydrogen) atoms. The summed E-state index contributed by atoms with van der Waals surface area (Å²) >= 11 is 4.67. The summed E-state index contributed by atoms with van der Waals surface area (Å²) in [6, 6.07) is 9.19. The largest absolute Gasteiger partial charge is 0.263 e. The molecule has 0 aliphatic rings. The molecule has 0 aliphatic carbocycles. The fourth-order valence-corrected chi connectivity index (χ4v) is 3.40. The van der Waals surface area contributed by atoms with Crippen molar-refractivity contribution in [3.05, 3.63) is 47.2 Å². The van der Waals surface area contributed by atoms with Crippen LogP contribution in [0.5, 0.6) is 0 Å². The average Bonchev–Trinajstić information content (AvgIpc) is 2.31. The SMILES string of the molecule is NS(=O)(=O)c1cnccc1Sc1ccc(Br)cc1. The predicted molar refractivity (Wildman–Crippen MR) is 73.9 cm³/mol. The lowest BCUT2D eigenvalue weighted by atomic mass is 10.4. The lowest BCUT2D eigenvalue weighted by molar-refractivity contribution is 0.595. The maximum atomic E-state index is 11.4. The summed E-state index contributed by atoms with van der Waals surface area (Å²) in [5, 5.41) is 5.15. The number of pyridine rings is 1. The molecule has 0 amide bonds. The lowest BCUT2D eigenvalue weighted by Crippen LogP contribution is -2.13. The molecule has 0 aliphatic heterocycles. The number of nitrogens with zero attached hydrogens (tertiary/aromatic N) is 1. The second kappa shape index (κ2) is 5.40. The van der Waals surface area contributed by atoms with Gasteiger partial charge < -0.3 is 0 Å². The van der Waals surface area contributed by atoms with E-state index in [1.807, 2.05) is 24.3 Å². The zero-order valence-corrected chi connectivity index (χ0v) is 12.3. The minimum Gasteiger partial charge on any atom is -0.263 e. The molecular formula is C11H9BrN2O2S2. The first-order valence-corrected chi connectivity index (χ1v) is 8.02. The smallest absolute Gasteiger partial charge is 0.240 e. The van der Waals surface area contributed by atoms with Crippen LogP contribution < -0.4 is 5.14 Å². The van der Waals surface area contributed by atoms with Crippen molar-refractivity contribution in [2.45, 2.75) is 14.7 Å². The number of halogens is 1. The quantitative estimate of drug-likeness (QED) is 0.928. The highest BCUT2D eigenvalue weighted by atomic mass is 79.9. The van der Waals surface area contributed by atoms with Gasteiger partial charge in [-0.25, -0.2) is 13.6 Å². The van der Waals surface area contributed by atoms with Crippen LogP contribution in [0.15, 0.2) is 61.9 Å². The summed E-state index contributed by atoms with van der Waals surface area (Å²) in [4.78, 5) is 5.32. The van der Waals surface area contributed by atoms with Crippen LogP contribution in [0.2, 0.25) is 0 Å². The van der Waals surface area contributed by atoms with E-state index in [9.17, 15) is 8.42 Å². The van der Waals surface area contributed by atoms with E-state index in [0.717, 1.165) is 9.37 Å². The Bertz CT molecular complexity index is 657. The molecule has 1 aromatic heterocycles. The van der Waals surface area contributed by atoms with Gasteiger partial charge in [-0.05, 0) is 30.3 Å². The van der Waals surface area contributed by atoms with Crippen LogP contribution in [-0.4, -0.2) is 13.4 Å². The number of nitrogens with two attached hydrogens (primary N) is 1. The van der Waals surface area contributed by atoms with Crippen LogP contribution in [-0.2, 0) is 10.0 Å². The highest BCUT2D eigenvalue weighted by Crippen LogP contribution is 2.32. The minimum absolute atomic E-state index is 0.0397. The van der Waals surface area contributed by atoms with Gasteiger partial charge in [0.1, 0.15) is 4.90 Å². The molecule has 2 N–H and O–H groups in total. The van der Waals surface area contributed by atoms with Gasteiger partial charge in [-0.1, -0.05) is 27.7 Å². The zero-order chi connectivity index (χ0) is 13.2. The lowest BCUT2D eigenvalue weighted by Gasteiger charge is -2.06. The van der Waals surface area contributed by atoms with Crippen molar-refractivity contribution < 1.29 is 8.42 Å². The molecule has 0 fully saturated rings. The number of hydrogen-bond donors (Lipinski definition) is 1. The topological polar surface area (TPSA) is 73.1 Å². The Labute approximate surface area is 118 Å². The number of rotatable bonds is 3. The Hall–Kier alpha value is -0.890. The van der Waals surface area contributed by atoms with Crippen molar-refractivity contribution in [3.63, 3.8) is 0 Å². The van der Waals surface area contributed by atoms with Gasteiger partial charge in [-0.2, -0.15) is 0 Å². The van der Waals surface area contributed by atoms with Gasteiger partial charge in [0.15, 0.2) is 0 Å². The fraction of sp³-hybridized carbons (Fsp3) is 0. The van der Waals surface area contributed by atoms with Crippen molar-refractivity contribution in [2.24, 2.45) is 5.14 Å². The van der Waals surface area contributed by atoms with Crippen molar-refractivity contribution in [1.82, 2.24) is 4.98 Å². The molecule has 0 atom stereocenters. The maximum absolute atomic E-state index is 11.4. The Kier molecular flexibility index (Phi) is 4.06. The molecule has 2 rings (SSSR count). The molecule has 7 heteroatoms. The highest BCUT2D eigenvalue weighted by molar-refractivity contribution is 9.10. The van der Waals surface area contributed by atoms with E-state index in [0.29, 0.717) is 4.90 Å². The Balaban J connectivity index is 2.38. The highest BCUT2D eigenvalue weighted by Gasteiger charge is 2.14. The van der Waals surface area contributed by atoms with E-state index in [4.69, 9.17) is 5.14 Å². The minimum atomic E-state index is -3.75. The third kappa shape index (κ3) is 3.32. The molecule has 94 valence electrons. The third-order valence-electron chi connectivity index (χ3n) is 2.09. The number of benzene rings is 1. The summed E-state index contributed by atoms with van der Waals surface area (Å²) in [5.41, 5.74) is 0. The van der Waals surface area contributed by atoms with Gasteiger partial charge in [-0.15, -0.1) is 0 Å². The van der Waals surface area contributed by atoms with Gasteiger partial charge in [0.05, 0.1) is 0 Å². The van der Waals surface area contributed by atoms with E-state index in [1.165, 1.54) is 24.2 Å². The van der Waals surface area contributed by atoms with Crippen LogP contribution >= 0.6 is 27.7 Å². The second-order valence-corrected chi connectivity index (χ2v) is 6.98. The van der Waals surface area contributed by atoms with Crippen LogP contribution in [0.1, 0.15) is 0 Å². The Morgan fingerprint density at radius 3 is 2.44 bits per heavy atom. The van der Waals surface area contributed by atoms with E-state index in [-0.39, 0.29) is 4.90 Å². The molecule has 0 saturated heterocycles. The van der Waals surface area contributed by atoms with E-state index < -0.39 is 10.0 Å². The zero-order valence-electron chi connectivity index (χ0n) is 9.08. The number of sulfonamides is 1. The average molecular weight is 345 g/mol. The van der Waals surface area contributed by atoms with E-state index in [1.54, 1.807) is 6.07 Å². The van der Waals surface area contributed by atoms with Crippen molar-refractivity contribution >= 4 is 37.7 Å². The first kappa shape index (κ1) is 13.5. The van der Waals surface area contributed by atoms with Crippen molar-refractivity contribution in [1.29, 1.82) is 0 Å². The van der Waals surface area contributed by atoms with E-state index in [2.05, 4.69) is 20.9 Å². The molecular weight excluding hydrogens is 336 g/mol. The molecule has 0 bridgehead atoms. The predicted octanol–water partition coefficient (Wildman–Crippen LogP) is 2.64. The Morgan fingerprint density at radius 2 is 1.83 bits per heavy atom.